The Morgan fingerprint density at radius 2 is 1.97 bits per heavy atom. The fourth-order valence-corrected chi connectivity index (χ4v) is 5.73. The van der Waals surface area contributed by atoms with Crippen molar-refractivity contribution in [3.63, 3.8) is 0 Å². The molecule has 1 aliphatic carbocycles. The first kappa shape index (κ1) is 24.2. The van der Waals surface area contributed by atoms with Crippen molar-refractivity contribution in [2.45, 2.75) is 50.9 Å². The molecule has 188 valence electrons. The first-order valence-corrected chi connectivity index (χ1v) is 12.1. The average molecular weight is 516 g/mol. The molecule has 3 atom stereocenters. The van der Waals surface area contributed by atoms with Crippen molar-refractivity contribution in [2.75, 3.05) is 0 Å². The molecule has 3 N–H and O–H groups in total. The molecule has 1 saturated carbocycles. The minimum Gasteiger partial charge on any atom is -0.364 e. The van der Waals surface area contributed by atoms with Crippen molar-refractivity contribution in [3.05, 3.63) is 64.3 Å². The fraction of sp³-hybridized carbons (Fsp3) is 0.360. The Balaban J connectivity index is 1.38. The van der Waals surface area contributed by atoms with Gasteiger partial charge in [-0.3, -0.25) is 19.1 Å². The van der Waals surface area contributed by atoms with E-state index < -0.39 is 23.6 Å². The van der Waals surface area contributed by atoms with E-state index in [2.05, 4.69) is 10.4 Å². The van der Waals surface area contributed by atoms with Crippen molar-refractivity contribution in [1.82, 2.24) is 20.0 Å². The molecule has 3 amide bonds. The van der Waals surface area contributed by atoms with Gasteiger partial charge < -0.3 is 16.0 Å². The van der Waals surface area contributed by atoms with Gasteiger partial charge in [0.1, 0.15) is 24.2 Å². The van der Waals surface area contributed by atoms with Crippen LogP contribution in [0.1, 0.15) is 41.7 Å². The number of halogens is 3. The number of benzene rings is 2. The highest BCUT2D eigenvalue weighted by Crippen LogP contribution is 2.41. The highest BCUT2D eigenvalue weighted by Gasteiger charge is 2.48. The van der Waals surface area contributed by atoms with Crippen molar-refractivity contribution < 1.29 is 23.2 Å². The summed E-state index contributed by atoms with van der Waals surface area (Å²) in [6.07, 6.45) is 3.16. The highest BCUT2D eigenvalue weighted by atomic mass is 35.5. The molecule has 2 heterocycles. The minimum absolute atomic E-state index is 0.0318. The van der Waals surface area contributed by atoms with E-state index in [4.69, 9.17) is 17.3 Å². The second-order valence-corrected chi connectivity index (χ2v) is 9.68. The summed E-state index contributed by atoms with van der Waals surface area (Å²) in [5.41, 5.74) is 5.92. The van der Waals surface area contributed by atoms with E-state index in [1.54, 1.807) is 11.0 Å². The first-order valence-electron chi connectivity index (χ1n) is 11.7. The van der Waals surface area contributed by atoms with Crippen LogP contribution >= 0.6 is 11.6 Å². The largest absolute Gasteiger partial charge is 0.364 e. The van der Waals surface area contributed by atoms with Gasteiger partial charge in [0.2, 0.25) is 11.8 Å². The predicted octanol–water partition coefficient (Wildman–Crippen LogP) is 3.15. The molecular formula is C25H24ClF2N5O3. The molecule has 1 unspecified atom stereocenters. The topological polar surface area (TPSA) is 110 Å². The minimum atomic E-state index is -0.834. The monoisotopic (exact) mass is 515 g/mol. The third kappa shape index (κ3) is 4.30. The molecule has 0 spiro atoms. The summed E-state index contributed by atoms with van der Waals surface area (Å²) in [5, 5.41) is 7.09. The van der Waals surface area contributed by atoms with Crippen molar-refractivity contribution in [1.29, 1.82) is 0 Å². The summed E-state index contributed by atoms with van der Waals surface area (Å²) in [6, 6.07) is 7.55. The Labute approximate surface area is 210 Å². The molecule has 5 rings (SSSR count). The SMILES string of the molecule is NC(=O)c1nn(CC(=O)N2C(C(=O)NCc3cccc(Cl)c3F)C[C@@H]3CCC[C@@H]32)c2ccc(F)cc12. The number of carbonyl (C=O) groups is 3. The van der Waals surface area contributed by atoms with Gasteiger partial charge in [-0.15, -0.1) is 0 Å². The van der Waals surface area contributed by atoms with Gasteiger partial charge in [-0.2, -0.15) is 5.10 Å². The Kier molecular flexibility index (Phi) is 6.38. The van der Waals surface area contributed by atoms with Crippen molar-refractivity contribution in [3.8, 4) is 0 Å². The summed E-state index contributed by atoms with van der Waals surface area (Å²) in [5.74, 6) is -2.51. The summed E-state index contributed by atoms with van der Waals surface area (Å²) >= 11 is 5.84. The van der Waals surface area contributed by atoms with Crippen LogP contribution in [0.15, 0.2) is 36.4 Å². The van der Waals surface area contributed by atoms with E-state index in [9.17, 15) is 23.2 Å². The Hall–Kier alpha value is -3.53. The predicted molar refractivity (Wildman–Crippen MR) is 128 cm³/mol. The first-order chi connectivity index (χ1) is 17.2. The lowest BCUT2D eigenvalue weighted by Gasteiger charge is -2.29. The number of carbonyl (C=O) groups excluding carboxylic acids is 3. The molecule has 3 aromatic rings. The summed E-state index contributed by atoms with van der Waals surface area (Å²) < 4.78 is 29.4. The maximum Gasteiger partial charge on any atom is 0.269 e. The van der Waals surface area contributed by atoms with Crippen molar-refractivity contribution >= 4 is 40.2 Å². The van der Waals surface area contributed by atoms with Crippen LogP contribution < -0.4 is 11.1 Å². The van der Waals surface area contributed by atoms with E-state index in [1.807, 2.05) is 0 Å². The number of nitrogens with zero attached hydrogens (tertiary/aromatic N) is 3. The van der Waals surface area contributed by atoms with E-state index in [0.29, 0.717) is 11.9 Å². The van der Waals surface area contributed by atoms with Gasteiger partial charge in [-0.25, -0.2) is 8.78 Å². The number of hydrogen-bond donors (Lipinski definition) is 2. The fourth-order valence-electron chi connectivity index (χ4n) is 5.53. The maximum atomic E-state index is 14.3. The number of nitrogens with two attached hydrogens (primary N) is 1. The second kappa shape index (κ2) is 9.50. The number of fused-ring (bicyclic) bond motifs is 2. The molecule has 2 aromatic carbocycles. The zero-order chi connectivity index (χ0) is 25.6. The number of likely N-dealkylation sites (tertiary alicyclic amines) is 1. The number of rotatable bonds is 6. The Morgan fingerprint density at radius 3 is 2.75 bits per heavy atom. The van der Waals surface area contributed by atoms with Gasteiger partial charge in [0, 0.05) is 23.5 Å². The molecule has 2 aliphatic rings. The standard InChI is InChI=1S/C25H24ClF2N5O3/c26-17-5-1-4-14(22(17)28)11-30-25(36)20-9-13-3-2-6-18(13)33(20)21(34)12-32-19-8-7-15(27)10-16(19)23(31-32)24(29)35/h1,4-5,7-8,10,13,18,20H,2-3,6,9,11-12H2,(H2,29,35)(H,30,36)/t13-,18-,20?/m0/s1. The lowest BCUT2D eigenvalue weighted by Crippen LogP contribution is -2.49. The molecule has 0 radical (unpaired) electrons. The summed E-state index contributed by atoms with van der Waals surface area (Å²) in [7, 11) is 0. The number of hydrogen-bond acceptors (Lipinski definition) is 4. The number of amides is 3. The van der Waals surface area contributed by atoms with Crippen molar-refractivity contribution in [2.24, 2.45) is 11.7 Å². The number of primary amides is 1. The zero-order valence-corrected chi connectivity index (χ0v) is 20.0. The molecule has 1 aromatic heterocycles. The molecule has 36 heavy (non-hydrogen) atoms. The van der Waals surface area contributed by atoms with Crippen LogP contribution in [-0.2, 0) is 22.7 Å². The van der Waals surface area contributed by atoms with Crippen LogP contribution in [0.4, 0.5) is 8.78 Å². The van der Waals surface area contributed by atoms with Crippen LogP contribution in [0.25, 0.3) is 10.9 Å². The Morgan fingerprint density at radius 1 is 1.17 bits per heavy atom. The van der Waals surface area contributed by atoms with Gasteiger partial charge in [-0.05, 0) is 49.4 Å². The van der Waals surface area contributed by atoms with Crippen LogP contribution in [0.5, 0.6) is 0 Å². The zero-order valence-electron chi connectivity index (χ0n) is 19.2. The molecule has 0 bridgehead atoms. The third-order valence-corrected chi connectivity index (χ3v) is 7.44. The van der Waals surface area contributed by atoms with Gasteiger partial charge in [-0.1, -0.05) is 30.2 Å². The van der Waals surface area contributed by atoms with Gasteiger partial charge >= 0.3 is 0 Å². The molecule has 8 nitrogen and oxygen atoms in total. The highest BCUT2D eigenvalue weighted by molar-refractivity contribution is 6.30. The van der Waals surface area contributed by atoms with Crippen LogP contribution in [0, 0.1) is 17.6 Å². The van der Waals surface area contributed by atoms with Gasteiger partial charge in [0.25, 0.3) is 5.91 Å². The van der Waals surface area contributed by atoms with Gasteiger partial charge in [0.15, 0.2) is 5.69 Å². The van der Waals surface area contributed by atoms with Crippen LogP contribution in [0.3, 0.4) is 0 Å². The summed E-state index contributed by atoms with van der Waals surface area (Å²) in [4.78, 5) is 40.2. The number of aromatic nitrogens is 2. The van der Waals surface area contributed by atoms with E-state index in [0.717, 1.165) is 25.3 Å². The molecule has 1 saturated heterocycles. The second-order valence-electron chi connectivity index (χ2n) is 9.27. The molecule has 1 aliphatic heterocycles. The van der Waals surface area contributed by atoms with Crippen LogP contribution in [-0.4, -0.2) is 44.5 Å². The average Bonchev–Trinajstić information content (AvgIpc) is 3.52. The Bertz CT molecular complexity index is 1380. The van der Waals surface area contributed by atoms with E-state index in [1.165, 1.54) is 28.9 Å². The lowest BCUT2D eigenvalue weighted by molar-refractivity contribution is -0.141. The molecule has 11 heteroatoms. The van der Waals surface area contributed by atoms with E-state index >= 15 is 0 Å². The summed E-state index contributed by atoms with van der Waals surface area (Å²) in [6.45, 7) is -0.304. The maximum absolute atomic E-state index is 14.3. The third-order valence-electron chi connectivity index (χ3n) is 7.14. The van der Waals surface area contributed by atoms with E-state index in [-0.39, 0.29) is 58.5 Å². The molecular weight excluding hydrogens is 492 g/mol. The quantitative estimate of drug-likeness (QED) is 0.525. The van der Waals surface area contributed by atoms with Crippen LogP contribution in [0.2, 0.25) is 5.02 Å². The van der Waals surface area contributed by atoms with Gasteiger partial charge in [0.05, 0.1) is 10.5 Å². The molecule has 2 fully saturated rings. The smallest absolute Gasteiger partial charge is 0.269 e. The number of nitrogens with one attached hydrogen (secondary N) is 1. The lowest BCUT2D eigenvalue weighted by atomic mass is 10.0. The normalized spacial score (nSPS) is 21.1.